The topological polar surface area (TPSA) is 73.6 Å². The van der Waals surface area contributed by atoms with E-state index >= 15 is 0 Å². The molecule has 6 heteroatoms. The van der Waals surface area contributed by atoms with Crippen LogP contribution in [0.4, 0.5) is 5.95 Å². The van der Waals surface area contributed by atoms with Gasteiger partial charge < -0.3 is 10.6 Å². The highest BCUT2D eigenvalue weighted by Crippen LogP contribution is 2.30. The van der Waals surface area contributed by atoms with Crippen LogP contribution in [-0.2, 0) is 0 Å². The smallest absolute Gasteiger partial charge is 0.223 e. The number of thioether (sulfide) groups is 1. The van der Waals surface area contributed by atoms with E-state index in [1.54, 1.807) is 12.3 Å². The van der Waals surface area contributed by atoms with Crippen LogP contribution in [0.3, 0.4) is 0 Å². The molecule has 2 heterocycles. The van der Waals surface area contributed by atoms with E-state index in [0.29, 0.717) is 23.3 Å². The Hall–Kier alpha value is -2.00. The maximum Gasteiger partial charge on any atom is 0.223 e. The van der Waals surface area contributed by atoms with E-state index in [9.17, 15) is 5.26 Å². The van der Waals surface area contributed by atoms with Crippen molar-refractivity contribution in [2.45, 2.75) is 39.7 Å². The summed E-state index contributed by atoms with van der Waals surface area (Å²) in [6.45, 7) is 6.22. The predicted octanol–water partition coefficient (Wildman–Crippen LogP) is 3.47. The summed E-state index contributed by atoms with van der Waals surface area (Å²) in [4.78, 5) is 8.71. The van der Waals surface area contributed by atoms with Crippen LogP contribution in [0.25, 0.3) is 5.57 Å². The van der Waals surface area contributed by atoms with Gasteiger partial charge in [-0.25, -0.2) is 9.97 Å². The van der Waals surface area contributed by atoms with Crippen LogP contribution in [-0.4, -0.2) is 16.0 Å². The minimum Gasteiger partial charge on any atom is -0.352 e. The average molecular weight is 301 g/mol. The molecule has 1 aromatic heterocycles. The molecule has 1 aliphatic heterocycles. The van der Waals surface area contributed by atoms with Gasteiger partial charge in [-0.2, -0.15) is 5.26 Å². The van der Waals surface area contributed by atoms with Gasteiger partial charge in [0.2, 0.25) is 5.95 Å². The number of aromatic nitrogens is 2. The molecule has 0 amide bonds. The number of hydrogen-bond acceptors (Lipinski definition) is 6. The summed E-state index contributed by atoms with van der Waals surface area (Å²) < 4.78 is 0. The first kappa shape index (κ1) is 15.4. The number of hydrogen-bond donors (Lipinski definition) is 2. The van der Waals surface area contributed by atoms with Gasteiger partial charge in [0.05, 0.1) is 10.7 Å². The largest absolute Gasteiger partial charge is 0.352 e. The molecule has 0 unspecified atom stereocenters. The van der Waals surface area contributed by atoms with Crippen molar-refractivity contribution in [3.63, 3.8) is 0 Å². The summed E-state index contributed by atoms with van der Waals surface area (Å²) in [6.07, 6.45) is 3.71. The van der Waals surface area contributed by atoms with Crippen molar-refractivity contribution in [3.05, 3.63) is 34.1 Å². The third-order valence-electron chi connectivity index (χ3n) is 3.23. The summed E-state index contributed by atoms with van der Waals surface area (Å²) >= 11 is 1.51. The molecule has 5 nitrogen and oxygen atoms in total. The summed E-state index contributed by atoms with van der Waals surface area (Å²) in [7, 11) is 0. The summed E-state index contributed by atoms with van der Waals surface area (Å²) in [5, 5.41) is 18.7. The lowest BCUT2D eigenvalue weighted by molar-refractivity contribution is 0.664. The fourth-order valence-corrected chi connectivity index (χ4v) is 2.82. The predicted molar refractivity (Wildman–Crippen MR) is 87.0 cm³/mol. The summed E-state index contributed by atoms with van der Waals surface area (Å²) in [5.74, 6) is 0.572. The van der Waals surface area contributed by atoms with Gasteiger partial charge in [0.1, 0.15) is 11.6 Å². The van der Waals surface area contributed by atoms with Crippen molar-refractivity contribution >= 4 is 23.3 Å². The lowest BCUT2D eigenvalue weighted by atomic mass is 10.2. The third-order valence-corrected chi connectivity index (χ3v) is 4.25. The van der Waals surface area contributed by atoms with E-state index < -0.39 is 0 Å². The number of nitriles is 1. The van der Waals surface area contributed by atoms with Crippen LogP contribution in [0.5, 0.6) is 0 Å². The molecule has 0 radical (unpaired) electrons. The molecular weight excluding hydrogens is 282 g/mol. The SMILES string of the molecule is CCC(CC)Nc1nccc(C(C#N)=C2NC(C)=CS2)n1. The zero-order chi connectivity index (χ0) is 15.2. The second-order valence-corrected chi connectivity index (χ2v) is 5.66. The van der Waals surface area contributed by atoms with Crippen molar-refractivity contribution in [2.75, 3.05) is 5.32 Å². The van der Waals surface area contributed by atoms with Gasteiger partial charge in [0, 0.05) is 17.9 Å². The molecule has 1 aromatic rings. The average Bonchev–Trinajstić information content (AvgIpc) is 2.92. The van der Waals surface area contributed by atoms with Crippen molar-refractivity contribution in [2.24, 2.45) is 0 Å². The lowest BCUT2D eigenvalue weighted by Crippen LogP contribution is -2.19. The molecule has 2 rings (SSSR count). The van der Waals surface area contributed by atoms with Gasteiger partial charge in [-0.05, 0) is 31.2 Å². The minimum atomic E-state index is 0.348. The first-order valence-corrected chi connectivity index (χ1v) is 7.90. The zero-order valence-corrected chi connectivity index (χ0v) is 13.3. The van der Waals surface area contributed by atoms with Crippen LogP contribution in [0.1, 0.15) is 39.3 Å². The highest BCUT2D eigenvalue weighted by atomic mass is 32.2. The molecule has 0 bridgehead atoms. The van der Waals surface area contributed by atoms with Crippen molar-refractivity contribution in [3.8, 4) is 6.07 Å². The van der Waals surface area contributed by atoms with E-state index in [1.165, 1.54) is 11.8 Å². The second kappa shape index (κ2) is 7.14. The fraction of sp³-hybridized carbons (Fsp3) is 0.400. The number of nitrogens with zero attached hydrogens (tertiary/aromatic N) is 3. The molecule has 0 fully saturated rings. The maximum absolute atomic E-state index is 9.43. The normalized spacial score (nSPS) is 16.2. The van der Waals surface area contributed by atoms with Gasteiger partial charge in [-0.3, -0.25) is 0 Å². The zero-order valence-electron chi connectivity index (χ0n) is 12.5. The quantitative estimate of drug-likeness (QED) is 0.811. The standard InChI is InChI=1S/C15H19N5S/c1-4-11(5-2)19-15-17-7-6-13(20-15)12(8-16)14-18-10(3)9-21-14/h6-7,9,11,18H,4-5H2,1-3H3,(H,17,19,20). The molecular formula is C15H19N5S. The van der Waals surface area contributed by atoms with E-state index in [0.717, 1.165) is 23.6 Å². The van der Waals surface area contributed by atoms with Gasteiger partial charge in [0.25, 0.3) is 0 Å². The summed E-state index contributed by atoms with van der Waals surface area (Å²) in [6, 6.07) is 4.35. The number of anilines is 1. The molecule has 0 atom stereocenters. The molecule has 110 valence electrons. The van der Waals surface area contributed by atoms with E-state index in [4.69, 9.17) is 0 Å². The number of allylic oxidation sites excluding steroid dienone is 2. The molecule has 21 heavy (non-hydrogen) atoms. The highest BCUT2D eigenvalue weighted by molar-refractivity contribution is 8.06. The molecule has 0 saturated carbocycles. The Morgan fingerprint density at radius 1 is 1.48 bits per heavy atom. The van der Waals surface area contributed by atoms with Gasteiger partial charge >= 0.3 is 0 Å². The van der Waals surface area contributed by atoms with Crippen molar-refractivity contribution in [1.29, 1.82) is 5.26 Å². The number of rotatable bonds is 5. The molecule has 0 aromatic carbocycles. The van der Waals surface area contributed by atoms with Crippen LogP contribution in [0, 0.1) is 11.3 Å². The third kappa shape index (κ3) is 3.76. The van der Waals surface area contributed by atoms with Crippen LogP contribution in [0.15, 0.2) is 28.4 Å². The minimum absolute atomic E-state index is 0.348. The second-order valence-electron chi connectivity index (χ2n) is 4.78. The van der Waals surface area contributed by atoms with Crippen molar-refractivity contribution in [1.82, 2.24) is 15.3 Å². The Balaban J connectivity index is 2.26. The van der Waals surface area contributed by atoms with Crippen LogP contribution < -0.4 is 10.6 Å². The lowest BCUT2D eigenvalue weighted by Gasteiger charge is -2.15. The maximum atomic E-state index is 9.43. The van der Waals surface area contributed by atoms with E-state index in [2.05, 4.69) is 40.5 Å². The van der Waals surface area contributed by atoms with Gasteiger partial charge in [0.15, 0.2) is 0 Å². The Morgan fingerprint density at radius 2 is 2.24 bits per heavy atom. The Kier molecular flexibility index (Phi) is 5.23. The van der Waals surface area contributed by atoms with Crippen LogP contribution >= 0.6 is 11.8 Å². The number of nitrogens with one attached hydrogen (secondary N) is 2. The van der Waals surface area contributed by atoms with Crippen molar-refractivity contribution < 1.29 is 0 Å². The van der Waals surface area contributed by atoms with E-state index in [-0.39, 0.29) is 0 Å². The first-order valence-electron chi connectivity index (χ1n) is 7.02. The molecule has 2 N–H and O–H groups in total. The Labute approximate surface area is 129 Å². The van der Waals surface area contributed by atoms with Gasteiger partial charge in [-0.15, -0.1) is 0 Å². The Morgan fingerprint density at radius 3 is 2.81 bits per heavy atom. The Bertz CT molecular complexity index is 611. The van der Waals surface area contributed by atoms with Gasteiger partial charge in [-0.1, -0.05) is 25.6 Å². The fourth-order valence-electron chi connectivity index (χ4n) is 1.97. The molecule has 0 saturated heterocycles. The van der Waals surface area contributed by atoms with Crippen LogP contribution in [0.2, 0.25) is 0 Å². The summed E-state index contributed by atoms with van der Waals surface area (Å²) in [5.41, 5.74) is 2.22. The highest BCUT2D eigenvalue weighted by Gasteiger charge is 2.16. The molecule has 1 aliphatic rings. The molecule has 0 spiro atoms. The monoisotopic (exact) mass is 301 g/mol. The van der Waals surface area contributed by atoms with E-state index in [1.807, 2.05) is 12.3 Å². The molecule has 0 aliphatic carbocycles. The first-order chi connectivity index (χ1) is 10.2.